The van der Waals surface area contributed by atoms with E-state index in [2.05, 4.69) is 28.9 Å². The van der Waals surface area contributed by atoms with Crippen LogP contribution in [0, 0.1) is 23.2 Å². The van der Waals surface area contributed by atoms with E-state index in [1.165, 1.54) is 24.8 Å². The average molecular weight is 469 g/mol. The van der Waals surface area contributed by atoms with Crippen molar-refractivity contribution in [3.8, 4) is 11.5 Å². The summed E-state index contributed by atoms with van der Waals surface area (Å²) in [5.41, 5.74) is 1.65. The van der Waals surface area contributed by atoms with Crippen LogP contribution in [0.15, 0.2) is 18.2 Å². The number of piperazine rings is 1. The number of fused-ring (bicyclic) bond motifs is 4. The maximum atomic E-state index is 13.0. The van der Waals surface area contributed by atoms with E-state index in [1.807, 2.05) is 6.07 Å². The Hall–Kier alpha value is -1.83. The Morgan fingerprint density at radius 2 is 1.85 bits per heavy atom. The molecule has 3 saturated heterocycles. The Kier molecular flexibility index (Phi) is 4.94. The highest BCUT2D eigenvalue weighted by atomic mass is 16.7. The summed E-state index contributed by atoms with van der Waals surface area (Å²) in [5, 5.41) is 0. The van der Waals surface area contributed by atoms with E-state index in [-0.39, 0.29) is 29.0 Å². The van der Waals surface area contributed by atoms with E-state index in [1.54, 1.807) is 0 Å². The summed E-state index contributed by atoms with van der Waals surface area (Å²) in [6.07, 6.45) is 5.94. The van der Waals surface area contributed by atoms with Gasteiger partial charge >= 0.3 is 5.97 Å². The molecule has 0 bridgehead atoms. The molecular formula is C27H36N2O5. The second-order valence-corrected chi connectivity index (χ2v) is 11.9. The van der Waals surface area contributed by atoms with Gasteiger partial charge < -0.3 is 18.9 Å². The summed E-state index contributed by atoms with van der Waals surface area (Å²) in [5.74, 6) is 2.71. The average Bonchev–Trinajstić information content (AvgIpc) is 3.31. The van der Waals surface area contributed by atoms with Crippen molar-refractivity contribution in [2.75, 3.05) is 46.1 Å². The van der Waals surface area contributed by atoms with Crippen LogP contribution < -0.4 is 9.47 Å². The molecule has 0 aromatic heterocycles. The molecule has 34 heavy (non-hydrogen) atoms. The Bertz CT molecular complexity index is 972. The zero-order valence-corrected chi connectivity index (χ0v) is 20.2. The van der Waals surface area contributed by atoms with Gasteiger partial charge in [0, 0.05) is 45.2 Å². The predicted octanol–water partition coefficient (Wildman–Crippen LogP) is 3.06. The lowest BCUT2D eigenvalue weighted by molar-refractivity contribution is -0.147. The summed E-state index contributed by atoms with van der Waals surface area (Å²) < 4.78 is 23.0. The monoisotopic (exact) mass is 468 g/mol. The van der Waals surface area contributed by atoms with Gasteiger partial charge in [0.05, 0.1) is 18.1 Å². The van der Waals surface area contributed by atoms with E-state index >= 15 is 0 Å². The number of ether oxygens (including phenoxy) is 4. The first-order chi connectivity index (χ1) is 16.5. The molecule has 1 aromatic carbocycles. The van der Waals surface area contributed by atoms with Crippen LogP contribution in [0.3, 0.4) is 0 Å². The number of epoxide rings is 1. The molecule has 0 N–H and O–H groups in total. The summed E-state index contributed by atoms with van der Waals surface area (Å²) in [4.78, 5) is 18.0. The standard InChI is InChI=1S/C27H36N2O5/c1-26-5-2-6-27(16-33-27)24(26)12-19-20(25(30)34-23(19)13-26)15-29-9-7-28(8-10-29)14-18-3-4-21-22(11-18)32-17-31-21/h3-4,11,19-20,23-24H,2,5-10,12-17H2,1H3/t19-,20-,23-,24+,26-,27-/m1/s1. The zero-order valence-electron chi connectivity index (χ0n) is 20.2. The lowest BCUT2D eigenvalue weighted by Gasteiger charge is -2.51. The maximum Gasteiger partial charge on any atom is 0.310 e. The van der Waals surface area contributed by atoms with E-state index in [0.717, 1.165) is 70.2 Å². The first-order valence-electron chi connectivity index (χ1n) is 13.2. The van der Waals surface area contributed by atoms with Gasteiger partial charge in [-0.25, -0.2) is 0 Å². The quantitative estimate of drug-likeness (QED) is 0.497. The SMILES string of the molecule is C[C@]12CCC[C@@]3(CO3)[C@H]1C[C@H]1[C@@H](C2)OC(=O)[C@@H]1CN1CCN(Cc2ccc3c(c2)OCO3)CC1. The maximum absolute atomic E-state index is 13.0. The van der Waals surface area contributed by atoms with E-state index in [4.69, 9.17) is 18.9 Å². The molecule has 6 aliphatic rings. The highest BCUT2D eigenvalue weighted by Gasteiger charge is 2.65. The molecule has 7 rings (SSSR count). The lowest BCUT2D eigenvalue weighted by Crippen LogP contribution is -2.52. The van der Waals surface area contributed by atoms with Crippen molar-refractivity contribution in [2.45, 2.75) is 57.3 Å². The predicted molar refractivity (Wildman–Crippen MR) is 125 cm³/mol. The van der Waals surface area contributed by atoms with Gasteiger partial charge in [-0.1, -0.05) is 13.0 Å². The second-order valence-electron chi connectivity index (χ2n) is 11.9. The third-order valence-electron chi connectivity index (χ3n) is 9.84. The van der Waals surface area contributed by atoms with Gasteiger partial charge in [0.15, 0.2) is 11.5 Å². The number of nitrogens with zero attached hydrogens (tertiary/aromatic N) is 2. The second kappa shape index (κ2) is 7.84. The molecule has 2 saturated carbocycles. The molecule has 7 nitrogen and oxygen atoms in total. The smallest absolute Gasteiger partial charge is 0.310 e. The van der Waals surface area contributed by atoms with Crippen LogP contribution in [0.5, 0.6) is 11.5 Å². The Labute approximate surface area is 201 Å². The van der Waals surface area contributed by atoms with Gasteiger partial charge in [-0.15, -0.1) is 0 Å². The highest BCUT2D eigenvalue weighted by molar-refractivity contribution is 5.75. The molecule has 0 unspecified atom stereocenters. The van der Waals surface area contributed by atoms with Crippen LogP contribution >= 0.6 is 0 Å². The van der Waals surface area contributed by atoms with Crippen molar-refractivity contribution in [3.05, 3.63) is 23.8 Å². The number of benzene rings is 1. The van der Waals surface area contributed by atoms with Gasteiger partial charge in [0.25, 0.3) is 0 Å². The van der Waals surface area contributed by atoms with E-state index < -0.39 is 0 Å². The van der Waals surface area contributed by atoms with Crippen molar-refractivity contribution >= 4 is 5.97 Å². The molecule has 2 aliphatic carbocycles. The molecule has 5 fully saturated rings. The van der Waals surface area contributed by atoms with Crippen molar-refractivity contribution in [3.63, 3.8) is 0 Å². The van der Waals surface area contributed by atoms with Crippen molar-refractivity contribution < 1.29 is 23.7 Å². The molecule has 1 spiro atoms. The topological polar surface area (TPSA) is 63.8 Å². The van der Waals surface area contributed by atoms with Crippen LogP contribution in [0.1, 0.15) is 44.6 Å². The third kappa shape index (κ3) is 3.54. The van der Waals surface area contributed by atoms with Gasteiger partial charge in [-0.05, 0) is 61.1 Å². The third-order valence-corrected chi connectivity index (χ3v) is 9.84. The van der Waals surface area contributed by atoms with Gasteiger partial charge in [0.1, 0.15) is 6.10 Å². The Morgan fingerprint density at radius 1 is 1.06 bits per heavy atom. The van der Waals surface area contributed by atoms with Crippen LogP contribution in [-0.2, 0) is 20.8 Å². The molecule has 0 radical (unpaired) electrons. The normalized spacial score (nSPS) is 41.3. The Balaban J connectivity index is 0.971. The number of hydrogen-bond donors (Lipinski definition) is 0. The fraction of sp³-hybridized carbons (Fsp3) is 0.741. The molecule has 4 aliphatic heterocycles. The van der Waals surface area contributed by atoms with Gasteiger partial charge in [0.2, 0.25) is 6.79 Å². The first-order valence-corrected chi connectivity index (χ1v) is 13.2. The summed E-state index contributed by atoms with van der Waals surface area (Å²) in [7, 11) is 0. The van der Waals surface area contributed by atoms with Crippen LogP contribution in [0.25, 0.3) is 0 Å². The minimum Gasteiger partial charge on any atom is -0.462 e. The molecule has 4 heterocycles. The van der Waals surface area contributed by atoms with E-state index in [9.17, 15) is 4.79 Å². The Morgan fingerprint density at radius 3 is 2.68 bits per heavy atom. The van der Waals surface area contributed by atoms with Crippen molar-refractivity contribution in [1.29, 1.82) is 0 Å². The largest absolute Gasteiger partial charge is 0.462 e. The van der Waals surface area contributed by atoms with Gasteiger partial charge in [-0.2, -0.15) is 0 Å². The summed E-state index contributed by atoms with van der Waals surface area (Å²) >= 11 is 0. The molecular weight excluding hydrogens is 432 g/mol. The first kappa shape index (κ1) is 21.5. The van der Waals surface area contributed by atoms with Crippen molar-refractivity contribution in [2.24, 2.45) is 23.2 Å². The fourth-order valence-electron chi connectivity index (χ4n) is 7.87. The highest BCUT2D eigenvalue weighted by Crippen LogP contribution is 2.62. The van der Waals surface area contributed by atoms with E-state index in [0.29, 0.717) is 18.6 Å². The minimum atomic E-state index is 0.0210. The minimum absolute atomic E-state index is 0.0210. The molecule has 1 aromatic rings. The fourth-order valence-corrected chi connectivity index (χ4v) is 7.87. The van der Waals surface area contributed by atoms with Crippen LogP contribution in [0.4, 0.5) is 0 Å². The number of rotatable bonds is 4. The lowest BCUT2D eigenvalue weighted by atomic mass is 9.53. The number of carbonyl (C=O) groups is 1. The van der Waals surface area contributed by atoms with Crippen LogP contribution in [0.2, 0.25) is 0 Å². The van der Waals surface area contributed by atoms with Gasteiger partial charge in [-0.3, -0.25) is 14.6 Å². The number of carbonyl (C=O) groups excluding carboxylic acids is 1. The molecule has 184 valence electrons. The zero-order chi connectivity index (χ0) is 22.9. The van der Waals surface area contributed by atoms with Crippen LogP contribution in [-0.4, -0.2) is 73.6 Å². The number of hydrogen-bond acceptors (Lipinski definition) is 7. The molecule has 7 heteroatoms. The van der Waals surface area contributed by atoms with Crippen molar-refractivity contribution in [1.82, 2.24) is 9.80 Å². The summed E-state index contributed by atoms with van der Waals surface area (Å²) in [6.45, 7) is 9.46. The number of esters is 1. The summed E-state index contributed by atoms with van der Waals surface area (Å²) in [6, 6.07) is 6.24. The molecule has 0 amide bonds. The molecule has 6 atom stereocenters.